The van der Waals surface area contributed by atoms with Crippen LogP contribution < -0.4 is 5.73 Å². The predicted octanol–water partition coefficient (Wildman–Crippen LogP) is 3.18. The zero-order valence-electron chi connectivity index (χ0n) is 14.7. The van der Waals surface area contributed by atoms with E-state index in [-0.39, 0.29) is 6.04 Å². The fourth-order valence-corrected chi connectivity index (χ4v) is 6.19. The smallest absolute Gasteiger partial charge is 0.243 e. The Balaban J connectivity index is 1.24. The van der Waals surface area contributed by atoms with Crippen molar-refractivity contribution in [1.29, 1.82) is 0 Å². The molecule has 0 saturated heterocycles. The third-order valence-electron chi connectivity index (χ3n) is 6.77. The maximum absolute atomic E-state index is 6.25. The fraction of sp³-hybridized carbons (Fsp3) is 0.737. The molecule has 4 saturated carbocycles. The molecule has 0 radical (unpaired) electrons. The van der Waals surface area contributed by atoms with Crippen molar-refractivity contribution in [3.63, 3.8) is 0 Å². The number of imidazole rings is 1. The van der Waals surface area contributed by atoms with Crippen LogP contribution in [0.5, 0.6) is 0 Å². The van der Waals surface area contributed by atoms with Crippen molar-refractivity contribution in [2.45, 2.75) is 63.8 Å². The molecule has 2 aromatic heterocycles. The first-order valence-corrected chi connectivity index (χ1v) is 9.73. The molecule has 2 heterocycles. The van der Waals surface area contributed by atoms with Gasteiger partial charge < -0.3 is 15.2 Å². The molecule has 4 aliphatic carbocycles. The number of hydrogen-bond acceptors (Lipinski definition) is 5. The summed E-state index contributed by atoms with van der Waals surface area (Å²) in [6.45, 7) is 0. The summed E-state index contributed by atoms with van der Waals surface area (Å²) in [5.41, 5.74) is 7.71. The molecule has 0 unspecified atom stereocenters. The highest BCUT2D eigenvalue weighted by molar-refractivity contribution is 5.06. The number of rotatable bonds is 6. The van der Waals surface area contributed by atoms with E-state index in [1.807, 2.05) is 6.20 Å². The summed E-state index contributed by atoms with van der Waals surface area (Å²) >= 11 is 0. The van der Waals surface area contributed by atoms with E-state index in [0.29, 0.717) is 11.3 Å². The molecule has 6 rings (SSSR count). The van der Waals surface area contributed by atoms with E-state index in [0.717, 1.165) is 48.5 Å². The lowest BCUT2D eigenvalue weighted by atomic mass is 9.49. The highest BCUT2D eigenvalue weighted by atomic mass is 16.5. The van der Waals surface area contributed by atoms with Crippen molar-refractivity contribution >= 4 is 0 Å². The van der Waals surface area contributed by atoms with E-state index in [9.17, 15) is 0 Å². The lowest BCUT2D eigenvalue weighted by Gasteiger charge is -2.56. The highest BCUT2D eigenvalue weighted by Crippen LogP contribution is 2.60. The van der Waals surface area contributed by atoms with Crippen molar-refractivity contribution in [3.8, 4) is 0 Å². The van der Waals surface area contributed by atoms with Gasteiger partial charge in [-0.25, -0.2) is 4.98 Å². The van der Waals surface area contributed by atoms with Gasteiger partial charge in [0.05, 0.1) is 18.1 Å². The molecule has 0 spiro atoms. The topological polar surface area (TPSA) is 93.6 Å². The number of nitrogens with two attached hydrogens (primary N) is 1. The third-order valence-corrected chi connectivity index (χ3v) is 6.77. The Labute approximate surface area is 148 Å². The largest absolute Gasteiger partial charge is 0.351 e. The normalized spacial score (nSPS) is 34.5. The number of aromatic nitrogens is 4. The van der Waals surface area contributed by atoms with Crippen molar-refractivity contribution in [2.75, 3.05) is 0 Å². The van der Waals surface area contributed by atoms with Crippen LogP contribution >= 0.6 is 0 Å². The van der Waals surface area contributed by atoms with E-state index in [2.05, 4.69) is 20.1 Å². The molecule has 25 heavy (non-hydrogen) atoms. The molecule has 0 aromatic carbocycles. The van der Waals surface area contributed by atoms with Crippen LogP contribution in [-0.4, -0.2) is 20.1 Å². The van der Waals surface area contributed by atoms with Gasteiger partial charge >= 0.3 is 0 Å². The lowest BCUT2D eigenvalue weighted by Crippen LogP contribution is -2.47. The van der Waals surface area contributed by atoms with E-state index < -0.39 is 0 Å². The third kappa shape index (κ3) is 3.01. The fourth-order valence-electron chi connectivity index (χ4n) is 6.19. The SMILES string of the molecule is N[C@@H](CCc1c[nH]cn1)c1nc(CC23CC4CC(CC(C4)C2)C3)no1. The molecule has 4 bridgehead atoms. The molecule has 3 N–H and O–H groups in total. The van der Waals surface area contributed by atoms with Crippen LogP contribution in [0.25, 0.3) is 0 Å². The molecule has 4 fully saturated rings. The van der Waals surface area contributed by atoms with Crippen LogP contribution in [0.1, 0.15) is 68.4 Å². The molecule has 4 aliphatic rings. The molecular formula is C19H27N5O. The van der Waals surface area contributed by atoms with Crippen LogP contribution in [0.15, 0.2) is 17.0 Å². The monoisotopic (exact) mass is 341 g/mol. The molecule has 2 aromatic rings. The van der Waals surface area contributed by atoms with E-state index in [1.165, 1.54) is 38.5 Å². The first-order valence-electron chi connectivity index (χ1n) is 9.73. The highest BCUT2D eigenvalue weighted by Gasteiger charge is 2.51. The second-order valence-corrected chi connectivity index (χ2v) is 8.85. The molecule has 0 amide bonds. The molecule has 6 heteroatoms. The van der Waals surface area contributed by atoms with Crippen LogP contribution in [0.4, 0.5) is 0 Å². The molecule has 6 nitrogen and oxygen atoms in total. The lowest BCUT2D eigenvalue weighted by molar-refractivity contribution is -0.0533. The standard InChI is InChI=1S/C19H27N5O/c20-16(2-1-15-10-21-11-22-15)18-23-17(24-25-18)9-19-6-12-3-13(7-19)5-14(4-12)8-19/h10-14,16H,1-9,20H2,(H,21,22)/t12?,13?,14?,16-,19?/m0/s1. The van der Waals surface area contributed by atoms with Crippen LogP contribution in [0.3, 0.4) is 0 Å². The van der Waals surface area contributed by atoms with Crippen LogP contribution in [0.2, 0.25) is 0 Å². The number of H-pyrrole nitrogens is 1. The maximum Gasteiger partial charge on any atom is 0.243 e. The van der Waals surface area contributed by atoms with Gasteiger partial charge in [-0.3, -0.25) is 0 Å². The van der Waals surface area contributed by atoms with Gasteiger partial charge in [0.25, 0.3) is 0 Å². The summed E-state index contributed by atoms with van der Waals surface area (Å²) in [5.74, 6) is 4.30. The van der Waals surface area contributed by atoms with Gasteiger partial charge in [0, 0.05) is 12.6 Å². The first-order chi connectivity index (χ1) is 12.2. The number of aryl methyl sites for hydroxylation is 1. The minimum Gasteiger partial charge on any atom is -0.351 e. The minimum atomic E-state index is -0.214. The van der Waals surface area contributed by atoms with Crippen molar-refractivity contribution in [3.05, 3.63) is 29.9 Å². The quantitative estimate of drug-likeness (QED) is 0.841. The Hall–Kier alpha value is -1.69. The summed E-state index contributed by atoms with van der Waals surface area (Å²) in [4.78, 5) is 11.9. The number of aromatic amines is 1. The maximum atomic E-state index is 6.25. The van der Waals surface area contributed by atoms with Crippen molar-refractivity contribution < 1.29 is 4.52 Å². The number of hydrogen-bond donors (Lipinski definition) is 2. The Kier molecular flexibility index (Phi) is 3.69. The van der Waals surface area contributed by atoms with Gasteiger partial charge in [-0.05, 0) is 74.5 Å². The summed E-state index contributed by atoms with van der Waals surface area (Å²) in [7, 11) is 0. The molecule has 134 valence electrons. The van der Waals surface area contributed by atoms with E-state index in [1.54, 1.807) is 6.33 Å². The van der Waals surface area contributed by atoms with Gasteiger partial charge in [-0.15, -0.1) is 0 Å². The zero-order valence-corrected chi connectivity index (χ0v) is 14.7. The minimum absolute atomic E-state index is 0.214. The van der Waals surface area contributed by atoms with E-state index >= 15 is 0 Å². The zero-order chi connectivity index (χ0) is 16.9. The molecule has 0 aliphatic heterocycles. The van der Waals surface area contributed by atoms with Gasteiger partial charge in [0.1, 0.15) is 0 Å². The van der Waals surface area contributed by atoms with Crippen molar-refractivity contribution in [1.82, 2.24) is 20.1 Å². The van der Waals surface area contributed by atoms with Crippen molar-refractivity contribution in [2.24, 2.45) is 28.9 Å². The van der Waals surface area contributed by atoms with Gasteiger partial charge in [0.2, 0.25) is 5.89 Å². The Morgan fingerprint density at radius 1 is 1.20 bits per heavy atom. The summed E-state index contributed by atoms with van der Waals surface area (Å²) in [5, 5.41) is 4.27. The van der Waals surface area contributed by atoms with Crippen LogP contribution in [-0.2, 0) is 12.8 Å². The number of nitrogens with zero attached hydrogens (tertiary/aromatic N) is 3. The van der Waals surface area contributed by atoms with E-state index in [4.69, 9.17) is 10.3 Å². The average Bonchev–Trinajstić information content (AvgIpc) is 3.22. The average molecular weight is 341 g/mol. The molecular weight excluding hydrogens is 314 g/mol. The van der Waals surface area contributed by atoms with Crippen LogP contribution in [0, 0.1) is 23.2 Å². The second kappa shape index (κ2) is 5.94. The number of nitrogens with one attached hydrogen (secondary N) is 1. The van der Waals surface area contributed by atoms with Gasteiger partial charge in [-0.2, -0.15) is 4.98 Å². The van der Waals surface area contributed by atoms with Gasteiger partial charge in [0.15, 0.2) is 5.82 Å². The summed E-state index contributed by atoms with van der Waals surface area (Å²) in [6.07, 6.45) is 14.7. The summed E-state index contributed by atoms with van der Waals surface area (Å²) in [6, 6.07) is -0.214. The van der Waals surface area contributed by atoms with Gasteiger partial charge in [-0.1, -0.05) is 5.16 Å². The Morgan fingerprint density at radius 2 is 1.92 bits per heavy atom. The molecule has 1 atom stereocenters. The Morgan fingerprint density at radius 3 is 2.56 bits per heavy atom. The second-order valence-electron chi connectivity index (χ2n) is 8.85. The summed E-state index contributed by atoms with van der Waals surface area (Å²) < 4.78 is 5.50. The first kappa shape index (κ1) is 15.6. The predicted molar refractivity (Wildman–Crippen MR) is 92.4 cm³/mol. The Bertz CT molecular complexity index is 687.